The number of benzene rings is 2. The van der Waals surface area contributed by atoms with Crippen LogP contribution in [-0.2, 0) is 4.57 Å². The summed E-state index contributed by atoms with van der Waals surface area (Å²) in [4.78, 5) is 22.8. The third-order valence-electron chi connectivity index (χ3n) is 4.15. The third kappa shape index (κ3) is 4.05. The topological polar surface area (TPSA) is 92.4 Å². The summed E-state index contributed by atoms with van der Waals surface area (Å²) in [7, 11) is -2.64. The summed E-state index contributed by atoms with van der Waals surface area (Å²) in [5.74, 6) is -0.282. The van der Waals surface area contributed by atoms with Gasteiger partial charge in [-0.05, 0) is 53.8 Å². The van der Waals surface area contributed by atoms with Gasteiger partial charge in [0.2, 0.25) is 0 Å². The second-order valence-corrected chi connectivity index (χ2v) is 8.41. The first-order valence-corrected chi connectivity index (χ1v) is 10.3. The molecule has 5 nitrogen and oxygen atoms in total. The lowest BCUT2D eigenvalue weighted by Gasteiger charge is -2.11. The highest BCUT2D eigenvalue weighted by atomic mass is 32.1. The van der Waals surface area contributed by atoms with Gasteiger partial charge in [0.25, 0.3) is 5.91 Å². The molecule has 2 unspecified atom stereocenters. The van der Waals surface area contributed by atoms with Crippen LogP contribution >= 0.6 is 19.4 Å². The molecule has 1 aromatic heterocycles. The van der Waals surface area contributed by atoms with E-state index in [1.807, 2.05) is 29.6 Å². The van der Waals surface area contributed by atoms with Gasteiger partial charge in [-0.1, -0.05) is 24.3 Å². The standard InChI is InChI=1S/C19H19N2O3PS/c1-12(25(23)24)13-4-6-14(7-5-13)19(22)21-17-11-15(8-9-16(17)20)18-3-2-10-26-18/h2-12,25H,20H2,1H3,(H,21,22)(H,23,24). The number of rotatable bonds is 5. The summed E-state index contributed by atoms with van der Waals surface area (Å²) in [5.41, 5.74) is 8.78. The molecule has 0 aliphatic carbocycles. The molecule has 4 N–H and O–H groups in total. The van der Waals surface area contributed by atoms with Crippen molar-refractivity contribution in [2.75, 3.05) is 11.1 Å². The lowest BCUT2D eigenvalue weighted by molar-refractivity contribution is 0.102. The maximum atomic E-state index is 12.5. The predicted octanol–water partition coefficient (Wildman–Crippen LogP) is 4.78. The number of nitrogen functional groups attached to an aromatic ring is 1. The average Bonchev–Trinajstić information content (AvgIpc) is 3.17. The Bertz CT molecular complexity index is 940. The van der Waals surface area contributed by atoms with E-state index < -0.39 is 13.7 Å². The molecule has 0 aliphatic heterocycles. The minimum Gasteiger partial charge on any atom is -0.397 e. The van der Waals surface area contributed by atoms with Gasteiger partial charge in [-0.15, -0.1) is 11.3 Å². The molecular formula is C19H19N2O3PS. The molecule has 0 fully saturated rings. The largest absolute Gasteiger partial charge is 0.397 e. The Morgan fingerprint density at radius 2 is 1.92 bits per heavy atom. The van der Waals surface area contributed by atoms with E-state index in [1.54, 1.807) is 48.6 Å². The lowest BCUT2D eigenvalue weighted by atomic mass is 10.1. The number of anilines is 2. The highest BCUT2D eigenvalue weighted by Crippen LogP contribution is 2.36. The first kappa shape index (κ1) is 18.4. The molecule has 2 atom stereocenters. The Kier molecular flexibility index (Phi) is 5.57. The second kappa shape index (κ2) is 7.87. The van der Waals surface area contributed by atoms with Crippen molar-refractivity contribution in [2.24, 2.45) is 0 Å². The summed E-state index contributed by atoms with van der Waals surface area (Å²) in [6, 6.07) is 16.2. The summed E-state index contributed by atoms with van der Waals surface area (Å²) in [6.45, 7) is 1.69. The molecule has 0 saturated carbocycles. The molecule has 0 aliphatic rings. The van der Waals surface area contributed by atoms with E-state index in [-0.39, 0.29) is 5.91 Å². The van der Waals surface area contributed by atoms with Crippen LogP contribution < -0.4 is 11.1 Å². The zero-order chi connectivity index (χ0) is 18.7. The van der Waals surface area contributed by atoms with Crippen LogP contribution in [0.1, 0.15) is 28.5 Å². The molecule has 0 bridgehead atoms. The summed E-state index contributed by atoms with van der Waals surface area (Å²) in [6.07, 6.45) is 0. The van der Waals surface area contributed by atoms with Gasteiger partial charge in [-0.25, -0.2) is 0 Å². The van der Waals surface area contributed by atoms with Crippen molar-refractivity contribution < 1.29 is 14.3 Å². The fourth-order valence-electron chi connectivity index (χ4n) is 2.52. The van der Waals surface area contributed by atoms with Crippen LogP contribution in [0.15, 0.2) is 60.0 Å². The molecule has 3 aromatic rings. The number of carbonyl (C=O) groups excluding carboxylic acids is 1. The number of nitrogens with one attached hydrogen (secondary N) is 1. The van der Waals surface area contributed by atoms with Gasteiger partial charge in [0.15, 0.2) is 8.03 Å². The molecule has 0 radical (unpaired) electrons. The molecule has 0 spiro atoms. The van der Waals surface area contributed by atoms with Crippen LogP contribution in [0.3, 0.4) is 0 Å². The van der Waals surface area contributed by atoms with Gasteiger partial charge in [-0.2, -0.15) is 0 Å². The smallest absolute Gasteiger partial charge is 0.255 e. The van der Waals surface area contributed by atoms with Crippen LogP contribution in [0.5, 0.6) is 0 Å². The van der Waals surface area contributed by atoms with Gasteiger partial charge in [0, 0.05) is 10.4 Å². The molecule has 2 aromatic carbocycles. The molecule has 7 heteroatoms. The van der Waals surface area contributed by atoms with Crippen molar-refractivity contribution in [1.82, 2.24) is 0 Å². The normalized spacial score (nSPS) is 13.2. The highest BCUT2D eigenvalue weighted by molar-refractivity contribution is 7.38. The second-order valence-electron chi connectivity index (χ2n) is 5.92. The van der Waals surface area contributed by atoms with E-state index in [0.717, 1.165) is 16.0 Å². The van der Waals surface area contributed by atoms with E-state index >= 15 is 0 Å². The van der Waals surface area contributed by atoms with Crippen LogP contribution in [0.25, 0.3) is 10.4 Å². The zero-order valence-corrected chi connectivity index (χ0v) is 15.9. The Labute approximate surface area is 156 Å². The maximum Gasteiger partial charge on any atom is 0.255 e. The molecule has 26 heavy (non-hydrogen) atoms. The Balaban J connectivity index is 1.79. The molecular weight excluding hydrogens is 367 g/mol. The van der Waals surface area contributed by atoms with Crippen LogP contribution in [-0.4, -0.2) is 10.8 Å². The van der Waals surface area contributed by atoms with E-state index in [4.69, 9.17) is 5.73 Å². The van der Waals surface area contributed by atoms with Gasteiger partial charge in [0.05, 0.1) is 17.0 Å². The van der Waals surface area contributed by atoms with Crippen LogP contribution in [0.2, 0.25) is 0 Å². The van der Waals surface area contributed by atoms with Crippen molar-refractivity contribution >= 4 is 36.6 Å². The number of amides is 1. The monoisotopic (exact) mass is 386 g/mol. The van der Waals surface area contributed by atoms with Gasteiger partial charge in [-0.3, -0.25) is 9.36 Å². The third-order valence-corrected chi connectivity index (χ3v) is 6.14. The van der Waals surface area contributed by atoms with E-state index in [9.17, 15) is 14.3 Å². The van der Waals surface area contributed by atoms with Crippen LogP contribution in [0.4, 0.5) is 11.4 Å². The number of thiophene rings is 1. The van der Waals surface area contributed by atoms with Gasteiger partial charge < -0.3 is 15.9 Å². The Morgan fingerprint density at radius 1 is 1.19 bits per heavy atom. The summed E-state index contributed by atoms with van der Waals surface area (Å²) >= 11 is 1.62. The maximum absolute atomic E-state index is 12.5. The Hall–Kier alpha value is -2.40. The first-order valence-electron chi connectivity index (χ1n) is 8.03. The van der Waals surface area contributed by atoms with Crippen molar-refractivity contribution in [1.29, 1.82) is 0 Å². The highest BCUT2D eigenvalue weighted by Gasteiger charge is 2.13. The SMILES string of the molecule is CC(c1ccc(C(=O)Nc2cc(-c3cccs3)ccc2N)cc1)[PH](=O)O. The molecule has 134 valence electrons. The van der Waals surface area contributed by atoms with E-state index in [1.165, 1.54) is 0 Å². The average molecular weight is 386 g/mol. The number of hydrogen-bond acceptors (Lipinski definition) is 4. The first-order chi connectivity index (χ1) is 12.5. The lowest BCUT2D eigenvalue weighted by Crippen LogP contribution is -2.13. The summed E-state index contributed by atoms with van der Waals surface area (Å²) < 4.78 is 11.2. The van der Waals surface area contributed by atoms with Crippen molar-refractivity contribution in [3.8, 4) is 10.4 Å². The predicted molar refractivity (Wildman–Crippen MR) is 108 cm³/mol. The fourth-order valence-corrected chi connectivity index (χ4v) is 3.72. The quantitative estimate of drug-likeness (QED) is 0.435. The summed E-state index contributed by atoms with van der Waals surface area (Å²) in [5, 5.41) is 4.83. The molecule has 3 rings (SSSR count). The van der Waals surface area contributed by atoms with Crippen molar-refractivity contribution in [2.45, 2.75) is 12.6 Å². The molecule has 1 amide bonds. The van der Waals surface area contributed by atoms with Gasteiger partial charge >= 0.3 is 0 Å². The van der Waals surface area contributed by atoms with Crippen molar-refractivity contribution in [3.05, 3.63) is 71.1 Å². The molecule has 0 saturated heterocycles. The van der Waals surface area contributed by atoms with Crippen molar-refractivity contribution in [3.63, 3.8) is 0 Å². The van der Waals surface area contributed by atoms with Gasteiger partial charge in [0.1, 0.15) is 0 Å². The van der Waals surface area contributed by atoms with Crippen LogP contribution in [0, 0.1) is 0 Å². The van der Waals surface area contributed by atoms with E-state index in [2.05, 4.69) is 5.32 Å². The minimum atomic E-state index is -2.64. The minimum absolute atomic E-state index is 0.282. The number of hydrogen-bond donors (Lipinski definition) is 3. The van der Waals surface area contributed by atoms with E-state index in [0.29, 0.717) is 16.9 Å². The number of nitrogens with two attached hydrogens (primary N) is 1. The number of carbonyl (C=O) groups is 1. The zero-order valence-electron chi connectivity index (χ0n) is 14.1. The fraction of sp³-hybridized carbons (Fsp3) is 0.105. The Morgan fingerprint density at radius 3 is 2.54 bits per heavy atom. The molecule has 1 heterocycles.